The molecule has 0 spiro atoms. The molecular weight excluding hydrogens is 725 g/mol. The molecule has 2 N–H and O–H groups in total. The molecule has 2 unspecified atom stereocenters. The zero-order valence-corrected chi connectivity index (χ0v) is 36.5. The minimum absolute atomic E-state index is 0.0267. The Labute approximate surface area is 342 Å². The molecule has 0 amide bonds. The average Bonchev–Trinajstić information content (AvgIpc) is 3.18. The molecule has 2 atom stereocenters. The average molecular weight is 806 g/mol. The summed E-state index contributed by atoms with van der Waals surface area (Å²) in [6, 6.07) is 0. The van der Waals surface area contributed by atoms with Crippen LogP contribution in [0.1, 0.15) is 168 Å². The number of ether oxygens (including phenoxy) is 2. The second-order valence-electron chi connectivity index (χ2n) is 14.1. The molecule has 0 fully saturated rings. The fourth-order valence-electron chi connectivity index (χ4n) is 5.51. The van der Waals surface area contributed by atoms with Gasteiger partial charge in [-0.15, -0.1) is 0 Å². The number of hydrogen-bond acceptors (Lipinski definition) is 8. The van der Waals surface area contributed by atoms with Crippen molar-refractivity contribution in [1.29, 1.82) is 0 Å². The monoisotopic (exact) mass is 806 g/mol. The predicted octanol–water partition coefficient (Wildman–Crippen LogP) is 12.5. The maximum Gasteiger partial charge on any atom is 0.472 e. The van der Waals surface area contributed by atoms with Gasteiger partial charge in [-0.25, -0.2) is 4.57 Å². The highest BCUT2D eigenvalue weighted by atomic mass is 31.2. The van der Waals surface area contributed by atoms with E-state index in [0.29, 0.717) is 19.4 Å². The summed E-state index contributed by atoms with van der Waals surface area (Å²) in [6.07, 6.45) is 49.4. The fourth-order valence-corrected chi connectivity index (χ4v) is 6.26. The fraction of sp³-hybridized carbons (Fsp3) is 0.696. The molecule has 0 bridgehead atoms. The van der Waals surface area contributed by atoms with Crippen molar-refractivity contribution >= 4 is 19.8 Å². The molecule has 0 saturated carbocycles. The van der Waals surface area contributed by atoms with Crippen LogP contribution < -0.4 is 5.32 Å². The number of allylic oxidation sites excluding steroid dienone is 12. The van der Waals surface area contributed by atoms with Crippen LogP contribution in [0.5, 0.6) is 0 Å². The van der Waals surface area contributed by atoms with Gasteiger partial charge in [-0.05, 0) is 90.5 Å². The van der Waals surface area contributed by atoms with Crippen molar-refractivity contribution in [1.82, 2.24) is 5.32 Å². The van der Waals surface area contributed by atoms with E-state index in [1.165, 1.54) is 51.4 Å². The van der Waals surface area contributed by atoms with Gasteiger partial charge >= 0.3 is 19.8 Å². The van der Waals surface area contributed by atoms with Crippen LogP contribution in [0, 0.1) is 0 Å². The Kier molecular flexibility index (Phi) is 40.2. The van der Waals surface area contributed by atoms with Crippen LogP contribution in [0.25, 0.3) is 0 Å². The van der Waals surface area contributed by atoms with Gasteiger partial charge in [0.05, 0.1) is 13.2 Å². The summed E-state index contributed by atoms with van der Waals surface area (Å²) in [6.45, 7) is 4.04. The van der Waals surface area contributed by atoms with Crippen molar-refractivity contribution in [2.75, 3.05) is 33.4 Å². The lowest BCUT2D eigenvalue weighted by Gasteiger charge is -2.20. The van der Waals surface area contributed by atoms with Crippen molar-refractivity contribution in [2.24, 2.45) is 0 Å². The van der Waals surface area contributed by atoms with Crippen molar-refractivity contribution in [3.8, 4) is 0 Å². The Hall–Kier alpha value is -2.55. The minimum atomic E-state index is -4.36. The summed E-state index contributed by atoms with van der Waals surface area (Å²) < 4.78 is 33.2. The van der Waals surface area contributed by atoms with Crippen LogP contribution in [0.2, 0.25) is 0 Å². The first-order valence-corrected chi connectivity index (χ1v) is 23.4. The molecule has 0 saturated heterocycles. The van der Waals surface area contributed by atoms with Gasteiger partial charge in [0.25, 0.3) is 0 Å². The van der Waals surface area contributed by atoms with E-state index in [-0.39, 0.29) is 26.1 Å². The number of phosphoric acid groups is 1. The lowest BCUT2D eigenvalue weighted by molar-refractivity contribution is -0.161. The van der Waals surface area contributed by atoms with Gasteiger partial charge in [-0.2, -0.15) is 0 Å². The maximum absolute atomic E-state index is 12.6. The first-order chi connectivity index (χ1) is 27.3. The summed E-state index contributed by atoms with van der Waals surface area (Å²) in [5, 5.41) is 2.82. The lowest BCUT2D eigenvalue weighted by Crippen LogP contribution is -2.29. The molecular formula is C46H80NO8P. The standard InChI is InChI=1S/C46H80NO8P/c1-4-6-8-10-12-14-16-18-20-21-22-23-25-26-28-30-32-34-36-38-45(48)52-42-44(43-54-56(50,51)53-41-40-47-3)55-46(49)39-37-35-33-31-29-27-24-19-17-15-13-11-9-7-5-2/h6,8,12,14-15,17-18,20,22-23,26,28,44,47H,4-5,7,9-11,13,16,19,21,24-25,27,29-43H2,1-3H3,(H,50,51)/b8-6-,14-12-,17-15-,20-18-,23-22-,28-26-. The number of likely N-dealkylation sites (N-methyl/N-ethyl adjacent to an activating group) is 1. The molecule has 0 aliphatic rings. The molecule has 0 radical (unpaired) electrons. The Morgan fingerprint density at radius 1 is 0.571 bits per heavy atom. The smallest absolute Gasteiger partial charge is 0.462 e. The number of rotatable bonds is 40. The van der Waals surface area contributed by atoms with E-state index >= 15 is 0 Å². The summed E-state index contributed by atoms with van der Waals surface area (Å²) in [7, 11) is -2.67. The highest BCUT2D eigenvalue weighted by Crippen LogP contribution is 2.43. The number of unbranched alkanes of at least 4 members (excludes halogenated alkanes) is 14. The van der Waals surface area contributed by atoms with Gasteiger partial charge < -0.3 is 19.7 Å². The van der Waals surface area contributed by atoms with Crippen LogP contribution >= 0.6 is 7.82 Å². The largest absolute Gasteiger partial charge is 0.472 e. The maximum atomic E-state index is 12.6. The molecule has 322 valence electrons. The first kappa shape index (κ1) is 53.5. The van der Waals surface area contributed by atoms with E-state index in [4.69, 9.17) is 18.5 Å². The van der Waals surface area contributed by atoms with Gasteiger partial charge in [0.15, 0.2) is 6.10 Å². The number of esters is 2. The third-order valence-electron chi connectivity index (χ3n) is 8.81. The quantitative estimate of drug-likeness (QED) is 0.0270. The second-order valence-corrected chi connectivity index (χ2v) is 15.6. The van der Waals surface area contributed by atoms with Crippen LogP contribution in [-0.4, -0.2) is 56.3 Å². The molecule has 10 heteroatoms. The van der Waals surface area contributed by atoms with Crippen molar-refractivity contribution in [3.05, 3.63) is 72.9 Å². The third kappa shape index (κ3) is 41.1. The van der Waals surface area contributed by atoms with Gasteiger partial charge in [0, 0.05) is 19.4 Å². The Morgan fingerprint density at radius 2 is 1.02 bits per heavy atom. The molecule has 0 rings (SSSR count). The summed E-state index contributed by atoms with van der Waals surface area (Å²) in [4.78, 5) is 35.1. The van der Waals surface area contributed by atoms with E-state index in [2.05, 4.69) is 92.1 Å². The lowest BCUT2D eigenvalue weighted by atomic mass is 10.1. The van der Waals surface area contributed by atoms with Crippen LogP contribution in [0.15, 0.2) is 72.9 Å². The zero-order chi connectivity index (χ0) is 41.1. The SMILES string of the molecule is CC/C=C\C/C=C\C/C=C\C/C=C\C/C=C\CCCCCC(=O)OCC(COP(=O)(O)OCCNC)OC(=O)CCCCCCCCC/C=C\CCCCCC. The van der Waals surface area contributed by atoms with Crippen molar-refractivity contribution < 1.29 is 37.6 Å². The molecule has 0 aliphatic carbocycles. The summed E-state index contributed by atoms with van der Waals surface area (Å²) >= 11 is 0. The highest BCUT2D eigenvalue weighted by molar-refractivity contribution is 7.47. The Morgan fingerprint density at radius 3 is 1.55 bits per heavy atom. The number of phosphoric ester groups is 1. The van der Waals surface area contributed by atoms with E-state index in [9.17, 15) is 19.0 Å². The Bertz CT molecular complexity index is 1150. The van der Waals surface area contributed by atoms with E-state index in [1.54, 1.807) is 7.05 Å². The molecule has 9 nitrogen and oxygen atoms in total. The van der Waals surface area contributed by atoms with Crippen LogP contribution in [0.4, 0.5) is 0 Å². The zero-order valence-electron chi connectivity index (χ0n) is 35.6. The number of nitrogens with one attached hydrogen (secondary N) is 1. The first-order valence-electron chi connectivity index (χ1n) is 21.9. The van der Waals surface area contributed by atoms with E-state index in [0.717, 1.165) is 77.0 Å². The van der Waals surface area contributed by atoms with Gasteiger partial charge in [-0.1, -0.05) is 145 Å². The molecule has 0 aromatic rings. The van der Waals surface area contributed by atoms with Gasteiger partial charge in [0.1, 0.15) is 6.61 Å². The van der Waals surface area contributed by atoms with Crippen molar-refractivity contribution in [2.45, 2.75) is 174 Å². The van der Waals surface area contributed by atoms with Crippen LogP contribution in [0.3, 0.4) is 0 Å². The molecule has 0 aromatic carbocycles. The Balaban J connectivity index is 4.30. The highest BCUT2D eigenvalue weighted by Gasteiger charge is 2.26. The number of carbonyl (C=O) groups excluding carboxylic acids is 2. The van der Waals surface area contributed by atoms with Gasteiger partial charge in [-0.3, -0.25) is 18.6 Å². The molecule has 0 aliphatic heterocycles. The van der Waals surface area contributed by atoms with Crippen molar-refractivity contribution in [3.63, 3.8) is 0 Å². The topological polar surface area (TPSA) is 120 Å². The second kappa shape index (κ2) is 42.1. The third-order valence-corrected chi connectivity index (χ3v) is 9.79. The molecule has 0 heterocycles. The normalized spacial score (nSPS) is 14.0. The summed E-state index contributed by atoms with van der Waals surface area (Å²) in [5.41, 5.74) is 0. The minimum Gasteiger partial charge on any atom is -0.462 e. The molecule has 0 aromatic heterocycles. The van der Waals surface area contributed by atoms with Gasteiger partial charge in [0.2, 0.25) is 0 Å². The number of hydrogen-bond donors (Lipinski definition) is 2. The summed E-state index contributed by atoms with van der Waals surface area (Å²) in [5.74, 6) is -0.855. The van der Waals surface area contributed by atoms with E-state index < -0.39 is 32.5 Å². The van der Waals surface area contributed by atoms with Crippen LogP contribution in [-0.2, 0) is 32.7 Å². The number of carbonyl (C=O) groups is 2. The molecule has 56 heavy (non-hydrogen) atoms. The van der Waals surface area contributed by atoms with E-state index in [1.807, 2.05) is 0 Å². The predicted molar refractivity (Wildman–Crippen MR) is 233 cm³/mol.